The second-order valence-electron chi connectivity index (χ2n) is 7.40. The number of Topliss-reactive ketones (excluding diaryl/α,β-unsaturated/α-hetero) is 1. The monoisotopic (exact) mass is 372 g/mol. The van der Waals surface area contributed by atoms with E-state index in [1.807, 2.05) is 91.0 Å². The Morgan fingerprint density at radius 2 is 1.30 bits per heavy atom. The minimum atomic E-state index is -1.66. The normalized spacial score (nSPS) is 11.9. The minimum absolute atomic E-state index is 0.00427. The van der Waals surface area contributed by atoms with Crippen LogP contribution >= 0.6 is 0 Å². The van der Waals surface area contributed by atoms with Crippen LogP contribution in [0.4, 0.5) is 0 Å². The van der Waals surface area contributed by atoms with Crippen molar-refractivity contribution in [2.24, 2.45) is 0 Å². The number of rotatable bonds is 6. The Labute approximate surface area is 162 Å². The summed E-state index contributed by atoms with van der Waals surface area (Å²) in [5.41, 5.74) is 3.25. The van der Waals surface area contributed by atoms with Gasteiger partial charge in [-0.2, -0.15) is 0 Å². The molecule has 0 amide bonds. The van der Waals surface area contributed by atoms with E-state index in [0.717, 1.165) is 16.9 Å². The van der Waals surface area contributed by atoms with Crippen LogP contribution in [0.15, 0.2) is 84.9 Å². The van der Waals surface area contributed by atoms with Crippen LogP contribution in [-0.4, -0.2) is 14.1 Å². The summed E-state index contributed by atoms with van der Waals surface area (Å²) in [6, 6.07) is 27.2. The summed E-state index contributed by atoms with van der Waals surface area (Å²) in [6.45, 7) is 6.42. The maximum atomic E-state index is 13.2. The molecule has 0 aliphatic heterocycles. The minimum Gasteiger partial charge on any atom is -0.544 e. The van der Waals surface area contributed by atoms with Gasteiger partial charge in [0.25, 0.3) is 0 Å². The molecule has 0 bridgehead atoms. The molecule has 3 heteroatoms. The molecule has 0 heterocycles. The SMILES string of the molecule is C[Si](C)(C)Oc1ccc(C(=O)/C(=C/c2ccccc2)c2ccccc2)cc1. The maximum absolute atomic E-state index is 13.2. The van der Waals surface area contributed by atoms with Crippen LogP contribution in [0.5, 0.6) is 5.75 Å². The fraction of sp³-hybridized carbons (Fsp3) is 0.125. The molecule has 2 nitrogen and oxygen atoms in total. The average molecular weight is 373 g/mol. The van der Waals surface area contributed by atoms with Crippen LogP contribution in [0.25, 0.3) is 11.6 Å². The summed E-state index contributed by atoms with van der Waals surface area (Å²) in [7, 11) is -1.66. The van der Waals surface area contributed by atoms with Crippen molar-refractivity contribution in [2.75, 3.05) is 0 Å². The lowest BCUT2D eigenvalue weighted by Gasteiger charge is -2.19. The summed E-state index contributed by atoms with van der Waals surface area (Å²) in [5.74, 6) is 0.823. The third-order valence-corrected chi connectivity index (χ3v) is 4.83. The third kappa shape index (κ3) is 5.28. The van der Waals surface area contributed by atoms with Gasteiger partial charge < -0.3 is 4.43 Å². The zero-order chi connectivity index (χ0) is 19.3. The van der Waals surface area contributed by atoms with Crippen LogP contribution in [0.1, 0.15) is 21.5 Å². The van der Waals surface area contributed by atoms with Crippen molar-refractivity contribution in [3.05, 3.63) is 102 Å². The van der Waals surface area contributed by atoms with Crippen LogP contribution in [0, 0.1) is 0 Å². The fourth-order valence-corrected chi connectivity index (χ4v) is 3.64. The molecule has 3 rings (SSSR count). The van der Waals surface area contributed by atoms with Crippen molar-refractivity contribution >= 4 is 25.7 Å². The van der Waals surface area contributed by atoms with Crippen LogP contribution in [0.3, 0.4) is 0 Å². The Hall–Kier alpha value is -2.91. The Morgan fingerprint density at radius 3 is 1.85 bits per heavy atom. The molecule has 27 heavy (non-hydrogen) atoms. The Bertz CT molecular complexity index is 922. The predicted molar refractivity (Wildman–Crippen MR) is 116 cm³/mol. The number of benzene rings is 3. The van der Waals surface area contributed by atoms with Gasteiger partial charge in [-0.25, -0.2) is 0 Å². The van der Waals surface area contributed by atoms with E-state index in [1.54, 1.807) is 0 Å². The summed E-state index contributed by atoms with van der Waals surface area (Å²) in [6.07, 6.45) is 1.95. The molecule has 3 aromatic carbocycles. The quantitative estimate of drug-likeness (QED) is 0.219. The zero-order valence-corrected chi connectivity index (χ0v) is 17.0. The lowest BCUT2D eigenvalue weighted by Crippen LogP contribution is -2.29. The molecule has 0 saturated heterocycles. The van der Waals surface area contributed by atoms with Gasteiger partial charge in [0.05, 0.1) is 0 Å². The van der Waals surface area contributed by atoms with Crippen molar-refractivity contribution in [2.45, 2.75) is 19.6 Å². The topological polar surface area (TPSA) is 26.3 Å². The summed E-state index contributed by atoms with van der Waals surface area (Å²) in [5, 5.41) is 0. The zero-order valence-electron chi connectivity index (χ0n) is 16.0. The number of hydrogen-bond donors (Lipinski definition) is 0. The number of hydrogen-bond acceptors (Lipinski definition) is 2. The molecule has 0 radical (unpaired) electrons. The summed E-state index contributed by atoms with van der Waals surface area (Å²) in [4.78, 5) is 13.2. The van der Waals surface area contributed by atoms with Gasteiger partial charge in [0.2, 0.25) is 8.32 Å². The van der Waals surface area contributed by atoms with Gasteiger partial charge in [0.15, 0.2) is 5.78 Å². The smallest absolute Gasteiger partial charge is 0.242 e. The van der Waals surface area contributed by atoms with E-state index in [9.17, 15) is 4.79 Å². The highest BCUT2D eigenvalue weighted by Gasteiger charge is 2.18. The molecule has 136 valence electrons. The lowest BCUT2D eigenvalue weighted by atomic mass is 9.95. The molecule has 0 saturated carbocycles. The molecular formula is C24H24O2Si. The van der Waals surface area contributed by atoms with Gasteiger partial charge in [0.1, 0.15) is 5.75 Å². The maximum Gasteiger partial charge on any atom is 0.242 e. The largest absolute Gasteiger partial charge is 0.544 e. The first-order chi connectivity index (χ1) is 12.9. The van der Waals surface area contributed by atoms with Crippen molar-refractivity contribution in [1.82, 2.24) is 0 Å². The predicted octanol–water partition coefficient (Wildman–Crippen LogP) is 6.32. The van der Waals surface area contributed by atoms with E-state index < -0.39 is 8.32 Å². The van der Waals surface area contributed by atoms with Gasteiger partial charge in [-0.15, -0.1) is 0 Å². The van der Waals surface area contributed by atoms with Gasteiger partial charge in [-0.1, -0.05) is 60.7 Å². The van der Waals surface area contributed by atoms with Crippen LogP contribution < -0.4 is 4.43 Å². The van der Waals surface area contributed by atoms with Gasteiger partial charge in [0, 0.05) is 11.1 Å². The molecule has 0 aliphatic carbocycles. The Balaban J connectivity index is 1.95. The standard InChI is InChI=1S/C24H24O2Si/c1-27(2,3)26-22-16-14-21(15-17-22)24(25)23(20-12-8-5-9-13-20)18-19-10-6-4-7-11-19/h4-18H,1-3H3/b23-18+. The number of allylic oxidation sites excluding steroid dienone is 1. The molecule has 0 unspecified atom stereocenters. The highest BCUT2D eigenvalue weighted by molar-refractivity contribution is 6.70. The molecular weight excluding hydrogens is 348 g/mol. The Kier molecular flexibility index (Phi) is 5.72. The van der Waals surface area contributed by atoms with Crippen LogP contribution in [0.2, 0.25) is 19.6 Å². The first kappa shape index (κ1) is 18.9. The molecule has 3 aromatic rings. The average Bonchev–Trinajstić information content (AvgIpc) is 2.66. The second kappa shape index (κ2) is 8.19. The highest BCUT2D eigenvalue weighted by Crippen LogP contribution is 2.25. The van der Waals surface area contributed by atoms with Crippen molar-refractivity contribution in [3.8, 4) is 5.75 Å². The van der Waals surface area contributed by atoms with Crippen LogP contribution in [-0.2, 0) is 0 Å². The van der Waals surface area contributed by atoms with Gasteiger partial charge in [-0.3, -0.25) is 4.79 Å². The first-order valence-corrected chi connectivity index (χ1v) is 12.5. The van der Waals surface area contributed by atoms with E-state index in [0.29, 0.717) is 11.1 Å². The van der Waals surface area contributed by atoms with Crippen molar-refractivity contribution < 1.29 is 9.22 Å². The third-order valence-electron chi connectivity index (χ3n) is 3.98. The summed E-state index contributed by atoms with van der Waals surface area (Å²) < 4.78 is 5.99. The van der Waals surface area contributed by atoms with Crippen molar-refractivity contribution in [1.29, 1.82) is 0 Å². The molecule has 0 fully saturated rings. The Morgan fingerprint density at radius 1 is 0.741 bits per heavy atom. The molecule has 0 atom stereocenters. The number of carbonyl (C=O) groups is 1. The van der Waals surface area contributed by atoms with Gasteiger partial charge in [-0.05, 0) is 61.1 Å². The van der Waals surface area contributed by atoms with Crippen molar-refractivity contribution in [3.63, 3.8) is 0 Å². The number of carbonyl (C=O) groups excluding carboxylic acids is 1. The first-order valence-electron chi connectivity index (χ1n) is 9.08. The lowest BCUT2D eigenvalue weighted by molar-refractivity contribution is 0.105. The fourth-order valence-electron chi connectivity index (χ4n) is 2.80. The molecule has 0 spiro atoms. The van der Waals surface area contributed by atoms with Gasteiger partial charge >= 0.3 is 0 Å². The second-order valence-corrected chi connectivity index (χ2v) is 11.8. The molecule has 0 aromatic heterocycles. The van der Waals surface area contributed by atoms with E-state index in [1.165, 1.54) is 0 Å². The van der Waals surface area contributed by atoms with E-state index in [2.05, 4.69) is 19.6 Å². The molecule has 0 aliphatic rings. The van der Waals surface area contributed by atoms with E-state index >= 15 is 0 Å². The number of ketones is 1. The highest BCUT2D eigenvalue weighted by atomic mass is 28.4. The molecule has 0 N–H and O–H groups in total. The summed E-state index contributed by atoms with van der Waals surface area (Å²) >= 11 is 0. The van der Waals surface area contributed by atoms with E-state index in [-0.39, 0.29) is 5.78 Å². The van der Waals surface area contributed by atoms with E-state index in [4.69, 9.17) is 4.43 Å².